The van der Waals surface area contributed by atoms with Crippen LogP contribution in [-0.2, 0) is 10.8 Å². The molecule has 2 aromatic heterocycles. The molecule has 60 heavy (non-hydrogen) atoms. The molecule has 0 saturated carbocycles. The van der Waals surface area contributed by atoms with Crippen LogP contribution in [0.4, 0.5) is 17.1 Å². The van der Waals surface area contributed by atoms with Gasteiger partial charge >= 0.3 is 0 Å². The molecule has 2 nitrogen and oxygen atoms in total. The van der Waals surface area contributed by atoms with Crippen LogP contribution in [-0.4, -0.2) is 4.57 Å². The van der Waals surface area contributed by atoms with Crippen molar-refractivity contribution in [3.8, 4) is 39.1 Å². The number of aromatic nitrogens is 1. The van der Waals surface area contributed by atoms with Crippen molar-refractivity contribution in [1.82, 2.24) is 4.57 Å². The zero-order valence-electron chi connectivity index (χ0n) is 34.5. The summed E-state index contributed by atoms with van der Waals surface area (Å²) in [7, 11) is 0. The van der Waals surface area contributed by atoms with Gasteiger partial charge in [-0.25, -0.2) is 0 Å². The number of rotatable bonds is 5. The maximum Gasteiger partial charge on any atom is 0.0651 e. The Morgan fingerprint density at radius 1 is 0.450 bits per heavy atom. The third-order valence-corrected chi connectivity index (χ3v) is 14.7. The summed E-state index contributed by atoms with van der Waals surface area (Å²) in [6, 6.07) is 66.0. The van der Waals surface area contributed by atoms with Gasteiger partial charge in [0.05, 0.1) is 21.4 Å². The number of thiophene rings is 1. The van der Waals surface area contributed by atoms with Crippen LogP contribution in [0.5, 0.6) is 0 Å². The molecule has 10 aromatic rings. The van der Waals surface area contributed by atoms with Crippen molar-refractivity contribution in [2.45, 2.75) is 45.4 Å². The normalized spacial score (nSPS) is 14.3. The molecule has 0 unspecified atom stereocenters. The Bertz CT molecular complexity index is 3390. The third kappa shape index (κ3) is 4.99. The summed E-state index contributed by atoms with van der Waals surface area (Å²) in [5.74, 6) is 0. The van der Waals surface area contributed by atoms with Gasteiger partial charge in [0.2, 0.25) is 0 Å². The predicted molar refractivity (Wildman–Crippen MR) is 256 cm³/mol. The zero-order valence-corrected chi connectivity index (χ0v) is 35.4. The number of hydrogen-bond donors (Lipinski definition) is 0. The summed E-state index contributed by atoms with van der Waals surface area (Å²) in [5, 5.41) is 3.76. The van der Waals surface area contributed by atoms with Crippen molar-refractivity contribution >= 4 is 60.3 Å². The first-order chi connectivity index (χ1) is 29.2. The number of benzene rings is 8. The van der Waals surface area contributed by atoms with Crippen LogP contribution in [0.25, 0.3) is 71.0 Å². The summed E-state index contributed by atoms with van der Waals surface area (Å²) in [6.45, 7) is 11.7. The minimum Gasteiger partial charge on any atom is -0.310 e. The van der Waals surface area contributed by atoms with Crippen LogP contribution in [0, 0.1) is 6.92 Å². The van der Waals surface area contributed by atoms with Gasteiger partial charge in [0.15, 0.2) is 0 Å². The summed E-state index contributed by atoms with van der Waals surface area (Å²) >= 11 is 1.90. The summed E-state index contributed by atoms with van der Waals surface area (Å²) < 4.78 is 3.83. The first-order valence-corrected chi connectivity index (χ1v) is 21.9. The van der Waals surface area contributed by atoms with E-state index in [9.17, 15) is 0 Å². The van der Waals surface area contributed by atoms with Gasteiger partial charge in [-0.05, 0) is 129 Å². The fourth-order valence-corrected chi connectivity index (χ4v) is 11.7. The minimum absolute atomic E-state index is 0.0555. The largest absolute Gasteiger partial charge is 0.310 e. The number of fused-ring (bicyclic) bond motifs is 10. The number of nitrogens with zero attached hydrogens (tertiary/aromatic N) is 2. The van der Waals surface area contributed by atoms with Crippen LogP contribution in [0.15, 0.2) is 176 Å². The van der Waals surface area contributed by atoms with E-state index in [1.54, 1.807) is 0 Å². The van der Waals surface area contributed by atoms with Crippen LogP contribution in [0.1, 0.15) is 54.8 Å². The Hall–Kier alpha value is -6.68. The summed E-state index contributed by atoms with van der Waals surface area (Å²) in [4.78, 5) is 3.77. The molecule has 2 heterocycles. The van der Waals surface area contributed by atoms with Crippen molar-refractivity contribution in [2.24, 2.45) is 0 Å². The number of anilines is 3. The standard InChI is InChI=1S/C57H44N2S/c1-35-31-54-55(60-35)47-32-38(23-30-53(47)59(54)41-27-29-46-44-17-9-11-19-49(44)57(4,5)51(46)34-41)36-21-24-39(25-22-36)58(52-20-12-14-37-13-6-7-15-42(37)52)40-26-28-45-43-16-8-10-18-48(43)56(2,3)50(45)33-40/h6-34H,1-5H3. The molecule has 8 aromatic carbocycles. The SMILES string of the molecule is Cc1cc2c(s1)c1cc(-c3ccc(N(c4ccc5c(c4)C(C)(C)c4ccccc4-5)c4cccc5ccccc45)cc3)ccc1n2-c1ccc2c(c1)C(C)(C)c1ccccc1-2. The van der Waals surface area contributed by atoms with Gasteiger partial charge in [0.1, 0.15) is 0 Å². The molecule has 0 radical (unpaired) electrons. The maximum atomic E-state index is 2.48. The lowest BCUT2D eigenvalue weighted by atomic mass is 9.82. The van der Waals surface area contributed by atoms with Gasteiger partial charge in [0.25, 0.3) is 0 Å². The molecule has 0 aliphatic heterocycles. The second kappa shape index (κ2) is 12.7. The van der Waals surface area contributed by atoms with Crippen molar-refractivity contribution in [3.05, 3.63) is 203 Å². The van der Waals surface area contributed by atoms with Crippen molar-refractivity contribution in [3.63, 3.8) is 0 Å². The topological polar surface area (TPSA) is 8.17 Å². The van der Waals surface area contributed by atoms with Crippen LogP contribution in [0.2, 0.25) is 0 Å². The maximum absolute atomic E-state index is 2.48. The minimum atomic E-state index is -0.0939. The quantitative estimate of drug-likeness (QED) is 0.169. The van der Waals surface area contributed by atoms with Crippen molar-refractivity contribution in [1.29, 1.82) is 0 Å². The van der Waals surface area contributed by atoms with E-state index in [1.165, 1.54) is 104 Å². The molecule has 0 bridgehead atoms. The number of hydrogen-bond acceptors (Lipinski definition) is 2. The summed E-state index contributed by atoms with van der Waals surface area (Å²) in [6.07, 6.45) is 0. The Kier molecular flexibility index (Phi) is 7.45. The van der Waals surface area contributed by atoms with Gasteiger partial charge < -0.3 is 9.47 Å². The molecule has 0 N–H and O–H groups in total. The Balaban J connectivity index is 0.963. The van der Waals surface area contributed by atoms with E-state index in [1.807, 2.05) is 11.3 Å². The third-order valence-electron chi connectivity index (χ3n) is 13.7. The average Bonchev–Trinajstić information content (AvgIpc) is 3.94. The van der Waals surface area contributed by atoms with E-state index in [0.717, 1.165) is 11.4 Å². The van der Waals surface area contributed by atoms with Crippen molar-refractivity contribution in [2.75, 3.05) is 4.90 Å². The van der Waals surface area contributed by atoms with E-state index >= 15 is 0 Å². The van der Waals surface area contributed by atoms with Crippen LogP contribution >= 0.6 is 11.3 Å². The smallest absolute Gasteiger partial charge is 0.0651 e. The van der Waals surface area contributed by atoms with E-state index in [2.05, 4.69) is 220 Å². The van der Waals surface area contributed by atoms with E-state index in [4.69, 9.17) is 0 Å². The molecular weight excluding hydrogens is 745 g/mol. The molecule has 0 amide bonds. The molecule has 0 spiro atoms. The highest BCUT2D eigenvalue weighted by Gasteiger charge is 2.37. The molecule has 2 aliphatic rings. The van der Waals surface area contributed by atoms with Gasteiger partial charge in [0, 0.05) is 43.5 Å². The lowest BCUT2D eigenvalue weighted by Crippen LogP contribution is -2.16. The molecule has 12 rings (SSSR count). The van der Waals surface area contributed by atoms with E-state index in [-0.39, 0.29) is 10.8 Å². The molecule has 288 valence electrons. The first kappa shape index (κ1) is 35.3. The second-order valence-corrected chi connectivity index (χ2v) is 19.1. The van der Waals surface area contributed by atoms with E-state index in [0.29, 0.717) is 0 Å². The second-order valence-electron chi connectivity index (χ2n) is 17.8. The Morgan fingerprint density at radius 2 is 1.05 bits per heavy atom. The number of aryl methyl sites for hydroxylation is 1. The molecule has 0 saturated heterocycles. The highest BCUT2D eigenvalue weighted by atomic mass is 32.1. The Morgan fingerprint density at radius 3 is 1.80 bits per heavy atom. The molecule has 0 fully saturated rings. The van der Waals surface area contributed by atoms with Crippen LogP contribution in [0.3, 0.4) is 0 Å². The van der Waals surface area contributed by atoms with Gasteiger partial charge in [-0.15, -0.1) is 11.3 Å². The van der Waals surface area contributed by atoms with Gasteiger partial charge in [-0.2, -0.15) is 0 Å². The first-order valence-electron chi connectivity index (χ1n) is 21.1. The molecular formula is C57H44N2S. The lowest BCUT2D eigenvalue weighted by Gasteiger charge is -2.29. The molecule has 0 atom stereocenters. The average molecular weight is 789 g/mol. The van der Waals surface area contributed by atoms with Gasteiger partial charge in [-0.1, -0.05) is 143 Å². The highest BCUT2D eigenvalue weighted by Crippen LogP contribution is 2.52. The fourth-order valence-electron chi connectivity index (χ4n) is 10.7. The monoisotopic (exact) mass is 788 g/mol. The highest BCUT2D eigenvalue weighted by molar-refractivity contribution is 7.20. The van der Waals surface area contributed by atoms with E-state index < -0.39 is 0 Å². The lowest BCUT2D eigenvalue weighted by molar-refractivity contribution is 0.660. The molecule has 2 aliphatic carbocycles. The fraction of sp³-hybridized carbons (Fsp3) is 0.123. The molecule has 3 heteroatoms. The van der Waals surface area contributed by atoms with Gasteiger partial charge in [-0.3, -0.25) is 0 Å². The predicted octanol–water partition coefficient (Wildman–Crippen LogP) is 16.1. The summed E-state index contributed by atoms with van der Waals surface area (Å²) in [5.41, 5.74) is 20.4. The Labute approximate surface area is 355 Å². The zero-order chi connectivity index (χ0) is 40.5. The van der Waals surface area contributed by atoms with Crippen LogP contribution < -0.4 is 4.90 Å². The van der Waals surface area contributed by atoms with Crippen molar-refractivity contribution < 1.29 is 0 Å².